The van der Waals surface area contributed by atoms with Gasteiger partial charge in [-0.05, 0) is 25.1 Å². The number of ether oxygens (including phenoxy) is 1. The Morgan fingerprint density at radius 3 is 3.17 bits per heavy atom. The minimum absolute atomic E-state index is 0.159. The van der Waals surface area contributed by atoms with E-state index in [0.717, 1.165) is 31.6 Å². The topological polar surface area (TPSA) is 67.6 Å². The molecule has 2 aliphatic rings. The second-order valence-electron chi connectivity index (χ2n) is 6.63. The summed E-state index contributed by atoms with van der Waals surface area (Å²) < 4.78 is 11.0. The van der Waals surface area contributed by atoms with E-state index in [1.165, 1.54) is 0 Å². The third kappa shape index (κ3) is 2.78. The van der Waals surface area contributed by atoms with Crippen LogP contribution in [0, 0.1) is 11.3 Å². The standard InChI is InChI=1S/C18H21N3O3/c22-17-18(5-7-21(13-18)10-14-4-8-23-11-14)15(9-20-17)12-24-16-3-1-2-6-19-16/h1-4,6,8,11,15H,5,7,9-10,12-13H2,(H,20,22)/t15-,18-/m0/s1. The van der Waals surface area contributed by atoms with Crippen LogP contribution in [0.4, 0.5) is 0 Å². The first kappa shape index (κ1) is 15.2. The SMILES string of the molecule is O=C1NC[C@@H](COc2ccccn2)[C@@]12CCN(Cc1ccoc1)C2. The van der Waals surface area contributed by atoms with Crippen molar-refractivity contribution in [3.05, 3.63) is 48.6 Å². The van der Waals surface area contributed by atoms with Crippen LogP contribution in [0.3, 0.4) is 0 Å². The molecule has 1 amide bonds. The molecule has 126 valence electrons. The minimum atomic E-state index is -0.349. The molecule has 0 aromatic carbocycles. The molecular formula is C18H21N3O3. The molecule has 2 aromatic heterocycles. The zero-order valence-electron chi connectivity index (χ0n) is 13.5. The lowest BCUT2D eigenvalue weighted by Gasteiger charge is -2.28. The van der Waals surface area contributed by atoms with E-state index in [1.807, 2.05) is 24.3 Å². The van der Waals surface area contributed by atoms with Crippen molar-refractivity contribution in [2.75, 3.05) is 26.2 Å². The van der Waals surface area contributed by atoms with Gasteiger partial charge in [-0.2, -0.15) is 0 Å². The highest BCUT2D eigenvalue weighted by atomic mass is 16.5. The van der Waals surface area contributed by atoms with E-state index in [-0.39, 0.29) is 17.2 Å². The Bertz CT molecular complexity index is 689. The van der Waals surface area contributed by atoms with Gasteiger partial charge in [0.05, 0.1) is 24.5 Å². The summed E-state index contributed by atoms with van der Waals surface area (Å²) in [7, 11) is 0. The van der Waals surface area contributed by atoms with Crippen LogP contribution < -0.4 is 10.1 Å². The molecule has 0 aliphatic carbocycles. The molecule has 2 fully saturated rings. The molecule has 2 aromatic rings. The van der Waals surface area contributed by atoms with Crippen LogP contribution in [0.25, 0.3) is 0 Å². The molecule has 2 atom stereocenters. The number of aromatic nitrogens is 1. The van der Waals surface area contributed by atoms with Gasteiger partial charge in [0.1, 0.15) is 0 Å². The Balaban J connectivity index is 1.43. The van der Waals surface area contributed by atoms with Crippen molar-refractivity contribution in [1.82, 2.24) is 15.2 Å². The number of nitrogens with zero attached hydrogens (tertiary/aromatic N) is 2. The largest absolute Gasteiger partial charge is 0.477 e. The first-order chi connectivity index (χ1) is 11.8. The maximum Gasteiger partial charge on any atom is 0.228 e. The molecule has 4 heterocycles. The number of likely N-dealkylation sites (tertiary alicyclic amines) is 1. The van der Waals surface area contributed by atoms with Crippen molar-refractivity contribution in [2.45, 2.75) is 13.0 Å². The van der Waals surface area contributed by atoms with Crippen molar-refractivity contribution in [3.8, 4) is 5.88 Å². The number of carbonyl (C=O) groups excluding carboxylic acids is 1. The highest BCUT2D eigenvalue weighted by Gasteiger charge is 2.54. The highest BCUT2D eigenvalue weighted by Crippen LogP contribution is 2.42. The number of rotatable bonds is 5. The Morgan fingerprint density at radius 2 is 2.38 bits per heavy atom. The second-order valence-corrected chi connectivity index (χ2v) is 6.63. The summed E-state index contributed by atoms with van der Waals surface area (Å²) in [5, 5.41) is 3.03. The van der Waals surface area contributed by atoms with Crippen LogP contribution in [0.1, 0.15) is 12.0 Å². The second kappa shape index (κ2) is 6.28. The Hall–Kier alpha value is -2.34. The van der Waals surface area contributed by atoms with E-state index in [1.54, 1.807) is 18.7 Å². The van der Waals surface area contributed by atoms with Gasteiger partial charge in [-0.1, -0.05) is 6.07 Å². The maximum absolute atomic E-state index is 12.5. The summed E-state index contributed by atoms with van der Waals surface area (Å²) >= 11 is 0. The van der Waals surface area contributed by atoms with E-state index in [9.17, 15) is 4.79 Å². The van der Waals surface area contributed by atoms with Crippen molar-refractivity contribution < 1.29 is 13.9 Å². The molecule has 6 nitrogen and oxygen atoms in total. The molecule has 1 spiro atoms. The zero-order valence-corrected chi connectivity index (χ0v) is 13.5. The van der Waals surface area contributed by atoms with Gasteiger partial charge in [0.25, 0.3) is 0 Å². The Labute approximate surface area is 140 Å². The van der Waals surface area contributed by atoms with Crippen LogP contribution >= 0.6 is 0 Å². The summed E-state index contributed by atoms with van der Waals surface area (Å²) in [6.45, 7) is 3.68. The summed E-state index contributed by atoms with van der Waals surface area (Å²) in [5.41, 5.74) is 0.796. The van der Waals surface area contributed by atoms with E-state index < -0.39 is 0 Å². The van der Waals surface area contributed by atoms with Gasteiger partial charge in [0, 0.05) is 43.4 Å². The normalized spacial score (nSPS) is 26.8. The van der Waals surface area contributed by atoms with Crippen molar-refractivity contribution in [3.63, 3.8) is 0 Å². The van der Waals surface area contributed by atoms with Gasteiger partial charge in [-0.15, -0.1) is 0 Å². The van der Waals surface area contributed by atoms with Crippen LogP contribution in [0.2, 0.25) is 0 Å². The molecule has 0 unspecified atom stereocenters. The molecular weight excluding hydrogens is 306 g/mol. The van der Waals surface area contributed by atoms with Gasteiger partial charge in [0.15, 0.2) is 0 Å². The minimum Gasteiger partial charge on any atom is -0.477 e. The lowest BCUT2D eigenvalue weighted by atomic mass is 9.77. The number of pyridine rings is 1. The fourth-order valence-electron chi connectivity index (χ4n) is 3.82. The fourth-order valence-corrected chi connectivity index (χ4v) is 3.82. The van der Waals surface area contributed by atoms with Gasteiger partial charge in [-0.25, -0.2) is 4.98 Å². The smallest absolute Gasteiger partial charge is 0.228 e. The van der Waals surface area contributed by atoms with Crippen LogP contribution in [-0.4, -0.2) is 42.0 Å². The summed E-state index contributed by atoms with van der Waals surface area (Å²) in [5.74, 6) is 0.938. The third-order valence-corrected chi connectivity index (χ3v) is 5.18. The van der Waals surface area contributed by atoms with E-state index in [0.29, 0.717) is 19.0 Å². The van der Waals surface area contributed by atoms with Crippen molar-refractivity contribution in [1.29, 1.82) is 0 Å². The van der Waals surface area contributed by atoms with Crippen molar-refractivity contribution >= 4 is 5.91 Å². The predicted octanol–water partition coefficient (Wildman–Crippen LogP) is 1.69. The van der Waals surface area contributed by atoms with Gasteiger partial charge >= 0.3 is 0 Å². The number of hydrogen-bond donors (Lipinski definition) is 1. The number of hydrogen-bond acceptors (Lipinski definition) is 5. The zero-order chi connectivity index (χ0) is 16.4. The first-order valence-corrected chi connectivity index (χ1v) is 8.32. The average molecular weight is 327 g/mol. The van der Waals surface area contributed by atoms with Gasteiger partial charge in [-0.3, -0.25) is 9.69 Å². The summed E-state index contributed by atoms with van der Waals surface area (Å²) in [6.07, 6.45) is 6.03. The molecule has 0 bridgehead atoms. The third-order valence-electron chi connectivity index (χ3n) is 5.18. The Morgan fingerprint density at radius 1 is 1.42 bits per heavy atom. The maximum atomic E-state index is 12.5. The quantitative estimate of drug-likeness (QED) is 0.905. The molecule has 2 saturated heterocycles. The predicted molar refractivity (Wildman–Crippen MR) is 87.3 cm³/mol. The van der Waals surface area contributed by atoms with Crippen LogP contribution in [0.5, 0.6) is 5.88 Å². The summed E-state index contributed by atoms with van der Waals surface area (Å²) in [4.78, 5) is 19.1. The van der Waals surface area contributed by atoms with Crippen LogP contribution in [0.15, 0.2) is 47.4 Å². The first-order valence-electron chi connectivity index (χ1n) is 8.32. The number of carbonyl (C=O) groups is 1. The number of amides is 1. The molecule has 0 saturated carbocycles. The highest BCUT2D eigenvalue weighted by molar-refractivity contribution is 5.86. The summed E-state index contributed by atoms with van der Waals surface area (Å²) in [6, 6.07) is 7.58. The van der Waals surface area contributed by atoms with E-state index >= 15 is 0 Å². The van der Waals surface area contributed by atoms with E-state index in [2.05, 4.69) is 15.2 Å². The lowest BCUT2D eigenvalue weighted by molar-refractivity contribution is -0.128. The fraction of sp³-hybridized carbons (Fsp3) is 0.444. The van der Waals surface area contributed by atoms with Gasteiger partial charge in [0.2, 0.25) is 11.8 Å². The molecule has 4 rings (SSSR count). The molecule has 2 aliphatic heterocycles. The molecule has 1 N–H and O–H groups in total. The lowest BCUT2D eigenvalue weighted by Crippen LogP contribution is -2.40. The average Bonchev–Trinajstić information content (AvgIpc) is 3.32. The Kier molecular flexibility index (Phi) is 3.98. The van der Waals surface area contributed by atoms with Gasteiger partial charge < -0.3 is 14.5 Å². The monoisotopic (exact) mass is 327 g/mol. The molecule has 0 radical (unpaired) electrons. The molecule has 6 heteroatoms. The number of nitrogens with one attached hydrogen (secondary N) is 1. The number of furan rings is 1. The van der Waals surface area contributed by atoms with E-state index in [4.69, 9.17) is 9.15 Å². The molecule has 24 heavy (non-hydrogen) atoms. The van der Waals surface area contributed by atoms with Crippen LogP contribution in [-0.2, 0) is 11.3 Å². The van der Waals surface area contributed by atoms with Crippen molar-refractivity contribution in [2.24, 2.45) is 11.3 Å².